The van der Waals surface area contributed by atoms with Crippen LogP contribution in [0.3, 0.4) is 0 Å². The monoisotopic (exact) mass is 1250 g/mol. The van der Waals surface area contributed by atoms with Gasteiger partial charge in [0.1, 0.15) is 6.04 Å². The van der Waals surface area contributed by atoms with E-state index in [1.54, 1.807) is 51.7 Å². The molecule has 0 aromatic heterocycles. The van der Waals surface area contributed by atoms with Crippen LogP contribution >= 0.6 is 0 Å². The number of hydrogen-bond donors (Lipinski definition) is 6. The fourth-order valence-electron chi connectivity index (χ4n) is 10.9. The van der Waals surface area contributed by atoms with Gasteiger partial charge in [-0.3, -0.25) is 57.7 Å². The molecule has 87 heavy (non-hydrogen) atoms. The van der Waals surface area contributed by atoms with E-state index in [2.05, 4.69) is 26.6 Å². The molecule has 1 aliphatic carbocycles. The van der Waals surface area contributed by atoms with Crippen LogP contribution in [0.25, 0.3) is 0 Å². The van der Waals surface area contributed by atoms with E-state index in [0.29, 0.717) is 44.2 Å². The SMILES string of the molecule is CC[C@H](C)[C@@H]([C@@H](CC(=O)N1CCC[C@H]1[C@H](OC)[C@@H](C)C(=O)NCC(=O)NS(=O)(=O)c1ccc(C2(NC(=O)CNC(=O)C(NC(=O)CCOCCOCCOCCN3C(=O)C=CC3=O)C(C)C)CC2)cc1)OC)N(C)C(=O)CNC(=O)C(C(C)C)N(C)C. The Labute approximate surface area is 511 Å². The van der Waals surface area contributed by atoms with Crippen LogP contribution in [0.2, 0.25) is 0 Å². The number of carbonyl (C=O) groups excluding carboxylic acids is 10. The number of sulfonamides is 1. The van der Waals surface area contributed by atoms with Crippen molar-refractivity contribution in [3.05, 3.63) is 42.0 Å². The molecule has 1 aromatic carbocycles. The Kier molecular flexibility index (Phi) is 29.3. The minimum atomic E-state index is -4.42. The molecule has 2 aliphatic heterocycles. The van der Waals surface area contributed by atoms with Crippen molar-refractivity contribution in [3.8, 4) is 0 Å². The Morgan fingerprint density at radius 3 is 1.84 bits per heavy atom. The number of ether oxygens (including phenoxy) is 5. The number of benzene rings is 1. The van der Waals surface area contributed by atoms with Gasteiger partial charge in [-0.1, -0.05) is 67.0 Å². The first kappa shape index (κ1) is 73.0. The van der Waals surface area contributed by atoms with E-state index >= 15 is 0 Å². The van der Waals surface area contributed by atoms with Gasteiger partial charge in [0.05, 0.1) is 119 Å². The molecule has 6 N–H and O–H groups in total. The molecule has 8 atom stereocenters. The topological polar surface area (TPSA) is 336 Å². The summed E-state index contributed by atoms with van der Waals surface area (Å²) in [5.74, 6) is -6.09. The molecule has 3 aliphatic rings. The molecular weight excluding hydrogens is 1150 g/mol. The van der Waals surface area contributed by atoms with Gasteiger partial charge in [0.15, 0.2) is 0 Å². The van der Waals surface area contributed by atoms with E-state index in [9.17, 15) is 56.4 Å². The summed E-state index contributed by atoms with van der Waals surface area (Å²) >= 11 is 0. The van der Waals surface area contributed by atoms with Gasteiger partial charge in [-0.05, 0) is 75.2 Å². The zero-order valence-corrected chi connectivity index (χ0v) is 53.4. The lowest BCUT2D eigenvalue weighted by Crippen LogP contribution is -2.55. The lowest BCUT2D eigenvalue weighted by atomic mass is 9.90. The summed E-state index contributed by atoms with van der Waals surface area (Å²) in [6.07, 6.45) is 3.61. The Hall–Kier alpha value is -6.43. The smallest absolute Gasteiger partial charge is 0.264 e. The molecule has 10 amide bonds. The van der Waals surface area contributed by atoms with Gasteiger partial charge in [0, 0.05) is 46.4 Å². The lowest BCUT2D eigenvalue weighted by Gasteiger charge is -2.39. The Bertz CT molecular complexity index is 2640. The third kappa shape index (κ3) is 21.7. The zero-order chi connectivity index (χ0) is 64.8. The third-order valence-corrected chi connectivity index (χ3v) is 17.3. The first-order chi connectivity index (χ1) is 41.1. The van der Waals surface area contributed by atoms with Crippen LogP contribution in [0, 0.1) is 23.7 Å². The number of amides is 10. The number of imide groups is 1. The molecule has 27 nitrogen and oxygen atoms in total. The first-order valence-electron chi connectivity index (χ1n) is 29.8. The second kappa shape index (κ2) is 34.9. The second-order valence-electron chi connectivity index (χ2n) is 23.2. The molecule has 488 valence electrons. The lowest BCUT2D eigenvalue weighted by molar-refractivity contribution is -0.146. The predicted molar refractivity (Wildman–Crippen MR) is 318 cm³/mol. The average Bonchev–Trinajstić information content (AvgIpc) is 2.63. The van der Waals surface area contributed by atoms with Crippen molar-refractivity contribution in [2.45, 2.75) is 140 Å². The molecule has 28 heteroatoms. The number of nitrogens with zero attached hydrogens (tertiary/aromatic N) is 4. The number of likely N-dealkylation sites (N-methyl/N-ethyl adjacent to an activating group) is 2. The molecule has 1 saturated carbocycles. The fraction of sp³-hybridized carbons (Fsp3) is 0.695. The largest absolute Gasteiger partial charge is 0.379 e. The van der Waals surface area contributed by atoms with Gasteiger partial charge in [0.2, 0.25) is 41.4 Å². The highest BCUT2D eigenvalue weighted by Gasteiger charge is 2.46. The van der Waals surface area contributed by atoms with Gasteiger partial charge >= 0.3 is 0 Å². The number of methoxy groups -OCH3 is 2. The van der Waals surface area contributed by atoms with Crippen LogP contribution in [-0.4, -0.2) is 231 Å². The highest BCUT2D eigenvalue weighted by molar-refractivity contribution is 7.90. The standard InChI is InChI=1S/C59H94N10O17S/c1-13-39(6)54(67(10)51(76)36-62-58(79)53(38(4)5)66(8)9)44(82-11)33-50(75)68-25-14-15-43(68)55(83-12)40(7)56(77)60-35-47(72)65-87(80,81)42-18-16-41(17-19-42)59(23-24-59)64-46(71)34-61-57(78)52(37(2)3)63-45(70)22-27-84-29-31-86-32-30-85-28-26-69-48(73)20-21-49(69)74/h16-21,37-40,43-44,52-55H,13-15,22-36H2,1-12H3,(H,60,77)(H,61,78)(H,62,79)(H,63,70)(H,64,71)(H,65,72)/t39-,40+,43-,44+,52?,53?,54-,55+/m0/s1. The van der Waals surface area contributed by atoms with E-state index in [1.165, 1.54) is 55.5 Å². The van der Waals surface area contributed by atoms with E-state index in [0.717, 1.165) is 4.90 Å². The van der Waals surface area contributed by atoms with Crippen molar-refractivity contribution in [1.82, 2.24) is 50.9 Å². The summed E-state index contributed by atoms with van der Waals surface area (Å²) in [5.41, 5.74) is -0.238. The summed E-state index contributed by atoms with van der Waals surface area (Å²) < 4.78 is 56.8. The molecule has 1 aromatic rings. The third-order valence-electron chi connectivity index (χ3n) is 16.0. The number of carbonyl (C=O) groups is 10. The van der Waals surface area contributed by atoms with Crippen molar-refractivity contribution in [2.24, 2.45) is 23.7 Å². The molecule has 2 unspecified atom stereocenters. The highest BCUT2D eigenvalue weighted by Crippen LogP contribution is 2.45. The molecule has 2 fully saturated rings. The van der Waals surface area contributed by atoms with Crippen LogP contribution in [0.4, 0.5) is 0 Å². The Balaban J connectivity index is 1.20. The zero-order valence-electron chi connectivity index (χ0n) is 52.6. The van der Waals surface area contributed by atoms with Gasteiger partial charge in [0.25, 0.3) is 27.7 Å². The van der Waals surface area contributed by atoms with E-state index in [1.807, 2.05) is 32.4 Å². The van der Waals surface area contributed by atoms with Crippen LogP contribution in [0.5, 0.6) is 0 Å². The van der Waals surface area contributed by atoms with Crippen molar-refractivity contribution >= 4 is 69.1 Å². The molecule has 0 spiro atoms. The maximum atomic E-state index is 14.2. The van der Waals surface area contributed by atoms with Crippen LogP contribution in [0.15, 0.2) is 41.3 Å². The normalized spacial score (nSPS) is 17.9. The second-order valence-corrected chi connectivity index (χ2v) is 24.9. The van der Waals surface area contributed by atoms with Crippen molar-refractivity contribution in [2.75, 3.05) is 108 Å². The molecule has 4 rings (SSSR count). The van der Waals surface area contributed by atoms with Gasteiger partial charge < -0.3 is 60.1 Å². The Morgan fingerprint density at radius 1 is 0.713 bits per heavy atom. The number of hydrogen-bond acceptors (Lipinski definition) is 18. The minimum absolute atomic E-state index is 0.00925. The molecule has 2 heterocycles. The summed E-state index contributed by atoms with van der Waals surface area (Å²) in [5, 5.41) is 13.4. The van der Waals surface area contributed by atoms with Crippen molar-refractivity contribution in [1.29, 1.82) is 0 Å². The minimum Gasteiger partial charge on any atom is -0.379 e. The maximum Gasteiger partial charge on any atom is 0.264 e. The van der Waals surface area contributed by atoms with Crippen molar-refractivity contribution < 1.29 is 80.0 Å². The van der Waals surface area contributed by atoms with Gasteiger partial charge in [-0.2, -0.15) is 0 Å². The molecule has 1 saturated heterocycles. The van der Waals surface area contributed by atoms with Crippen LogP contribution in [-0.2, 0) is 87.2 Å². The molecular formula is C59H94N10O17S. The molecule has 0 bridgehead atoms. The summed E-state index contributed by atoms with van der Waals surface area (Å²) in [6.45, 7) is 13.2. The highest BCUT2D eigenvalue weighted by atomic mass is 32.2. The van der Waals surface area contributed by atoms with E-state index < -0.39 is 100 Å². The number of nitrogens with one attached hydrogen (secondary N) is 6. The quantitative estimate of drug-likeness (QED) is 0.0372. The fourth-order valence-corrected chi connectivity index (χ4v) is 11.9. The van der Waals surface area contributed by atoms with Crippen LogP contribution in [0.1, 0.15) is 99.0 Å². The average molecular weight is 1250 g/mol. The summed E-state index contributed by atoms with van der Waals surface area (Å²) in [4.78, 5) is 135. The number of rotatable bonds is 39. The van der Waals surface area contributed by atoms with Gasteiger partial charge in [-0.25, -0.2) is 13.1 Å². The van der Waals surface area contributed by atoms with E-state index in [4.69, 9.17) is 23.7 Å². The Morgan fingerprint density at radius 2 is 1.29 bits per heavy atom. The van der Waals surface area contributed by atoms with Crippen molar-refractivity contribution in [3.63, 3.8) is 0 Å². The van der Waals surface area contributed by atoms with Gasteiger partial charge in [-0.15, -0.1) is 0 Å². The van der Waals surface area contributed by atoms with E-state index in [-0.39, 0.29) is 118 Å². The molecule has 0 radical (unpaired) electrons. The van der Waals surface area contributed by atoms with Crippen LogP contribution < -0.4 is 31.3 Å². The first-order valence-corrected chi connectivity index (χ1v) is 31.2. The predicted octanol–water partition coefficient (Wildman–Crippen LogP) is -0.0424. The maximum absolute atomic E-state index is 14.2. The summed E-state index contributed by atoms with van der Waals surface area (Å²) in [6, 6.07) is 3.15. The summed E-state index contributed by atoms with van der Waals surface area (Å²) in [7, 11) is 3.72. The number of likely N-dealkylation sites (tertiary alicyclic amines) is 1.